The number of benzene rings is 1. The predicted octanol–water partition coefficient (Wildman–Crippen LogP) is 1.65. The van der Waals surface area contributed by atoms with Crippen molar-refractivity contribution in [1.82, 2.24) is 14.6 Å². The zero-order valence-electron chi connectivity index (χ0n) is 13.0. The number of para-hydroxylation sites is 1. The molecule has 1 aromatic carbocycles. The van der Waals surface area contributed by atoms with Crippen LogP contribution in [0.3, 0.4) is 0 Å². The van der Waals surface area contributed by atoms with Gasteiger partial charge in [0.05, 0.1) is 5.69 Å². The first kappa shape index (κ1) is 14.4. The number of carbonyl (C=O) groups is 2. The maximum atomic E-state index is 12.7. The molecule has 0 saturated carbocycles. The van der Waals surface area contributed by atoms with Crippen LogP contribution in [-0.2, 0) is 16.0 Å². The Kier molecular flexibility index (Phi) is 3.26. The molecule has 24 heavy (non-hydrogen) atoms. The Labute approximate surface area is 137 Å². The van der Waals surface area contributed by atoms with Crippen molar-refractivity contribution in [1.29, 1.82) is 0 Å². The molecule has 0 aliphatic carbocycles. The van der Waals surface area contributed by atoms with E-state index in [4.69, 9.17) is 0 Å². The SMILES string of the molecule is CC(=O)N1c2ccccc2C[C@H]1C(=O)Nc1ccc2nncn2c1. The first-order chi connectivity index (χ1) is 11.6. The van der Waals surface area contributed by atoms with Crippen molar-refractivity contribution in [2.24, 2.45) is 0 Å². The minimum atomic E-state index is -0.545. The molecule has 4 rings (SSSR count). The molecule has 0 unspecified atom stereocenters. The van der Waals surface area contributed by atoms with Crippen LogP contribution in [0.25, 0.3) is 5.65 Å². The van der Waals surface area contributed by atoms with Crippen LogP contribution in [0.15, 0.2) is 48.9 Å². The van der Waals surface area contributed by atoms with Gasteiger partial charge in [0.1, 0.15) is 12.4 Å². The van der Waals surface area contributed by atoms with Gasteiger partial charge in [0.15, 0.2) is 5.65 Å². The second-order valence-corrected chi connectivity index (χ2v) is 5.74. The molecule has 0 saturated heterocycles. The van der Waals surface area contributed by atoms with Gasteiger partial charge >= 0.3 is 0 Å². The highest BCUT2D eigenvalue weighted by atomic mass is 16.2. The highest BCUT2D eigenvalue weighted by molar-refractivity contribution is 6.06. The summed E-state index contributed by atoms with van der Waals surface area (Å²) >= 11 is 0. The molecule has 120 valence electrons. The Morgan fingerprint density at radius 3 is 2.88 bits per heavy atom. The zero-order valence-corrected chi connectivity index (χ0v) is 13.0. The molecule has 3 aromatic rings. The van der Waals surface area contributed by atoms with Crippen molar-refractivity contribution in [2.75, 3.05) is 10.2 Å². The molecular formula is C17H15N5O2. The number of anilines is 2. The lowest BCUT2D eigenvalue weighted by atomic mass is 10.1. The normalized spacial score (nSPS) is 16.2. The van der Waals surface area contributed by atoms with E-state index in [1.807, 2.05) is 24.3 Å². The molecular weight excluding hydrogens is 306 g/mol. The zero-order chi connectivity index (χ0) is 16.7. The van der Waals surface area contributed by atoms with E-state index < -0.39 is 6.04 Å². The quantitative estimate of drug-likeness (QED) is 0.778. The largest absolute Gasteiger partial charge is 0.323 e. The molecule has 1 atom stereocenters. The summed E-state index contributed by atoms with van der Waals surface area (Å²) < 4.78 is 1.72. The predicted molar refractivity (Wildman–Crippen MR) is 88.7 cm³/mol. The Balaban J connectivity index is 1.61. The smallest absolute Gasteiger partial charge is 0.247 e. The highest BCUT2D eigenvalue weighted by Crippen LogP contribution is 2.32. The second-order valence-electron chi connectivity index (χ2n) is 5.74. The van der Waals surface area contributed by atoms with Crippen LogP contribution in [0.2, 0.25) is 0 Å². The van der Waals surface area contributed by atoms with Crippen molar-refractivity contribution in [3.8, 4) is 0 Å². The fraction of sp³-hybridized carbons (Fsp3) is 0.176. The van der Waals surface area contributed by atoms with E-state index in [0.29, 0.717) is 17.8 Å². The van der Waals surface area contributed by atoms with Crippen molar-refractivity contribution < 1.29 is 9.59 Å². The van der Waals surface area contributed by atoms with E-state index >= 15 is 0 Å². The maximum absolute atomic E-state index is 12.7. The summed E-state index contributed by atoms with van der Waals surface area (Å²) in [6, 6.07) is 10.6. The summed E-state index contributed by atoms with van der Waals surface area (Å²) in [6.07, 6.45) is 3.82. The average Bonchev–Trinajstić information content (AvgIpc) is 3.18. The van der Waals surface area contributed by atoms with Crippen molar-refractivity contribution in [3.05, 3.63) is 54.5 Å². The van der Waals surface area contributed by atoms with Gasteiger partial charge in [-0.15, -0.1) is 10.2 Å². The molecule has 3 heterocycles. The van der Waals surface area contributed by atoms with Gasteiger partial charge in [-0.1, -0.05) is 18.2 Å². The molecule has 0 bridgehead atoms. The van der Waals surface area contributed by atoms with Gasteiger partial charge in [-0.3, -0.25) is 18.9 Å². The number of carbonyl (C=O) groups excluding carboxylic acids is 2. The van der Waals surface area contributed by atoms with Gasteiger partial charge in [0, 0.05) is 25.2 Å². The van der Waals surface area contributed by atoms with Gasteiger partial charge < -0.3 is 5.32 Å². The third-order valence-corrected chi connectivity index (χ3v) is 4.18. The fourth-order valence-electron chi connectivity index (χ4n) is 3.11. The van der Waals surface area contributed by atoms with Gasteiger partial charge in [0.2, 0.25) is 11.8 Å². The number of nitrogens with zero attached hydrogens (tertiary/aromatic N) is 4. The summed E-state index contributed by atoms with van der Waals surface area (Å²) in [5, 5.41) is 10.6. The lowest BCUT2D eigenvalue weighted by Gasteiger charge is -2.23. The van der Waals surface area contributed by atoms with Crippen LogP contribution in [0.1, 0.15) is 12.5 Å². The van der Waals surface area contributed by atoms with E-state index in [-0.39, 0.29) is 11.8 Å². The molecule has 1 aliphatic heterocycles. The minimum Gasteiger partial charge on any atom is -0.323 e. The van der Waals surface area contributed by atoms with Crippen LogP contribution in [-0.4, -0.2) is 32.5 Å². The molecule has 7 nitrogen and oxygen atoms in total. The number of amides is 2. The highest BCUT2D eigenvalue weighted by Gasteiger charge is 2.36. The summed E-state index contributed by atoms with van der Waals surface area (Å²) in [5.41, 5.74) is 3.14. The third kappa shape index (κ3) is 2.30. The summed E-state index contributed by atoms with van der Waals surface area (Å²) in [7, 11) is 0. The molecule has 0 fully saturated rings. The fourth-order valence-corrected chi connectivity index (χ4v) is 3.11. The van der Waals surface area contributed by atoms with Crippen molar-refractivity contribution in [2.45, 2.75) is 19.4 Å². The topological polar surface area (TPSA) is 79.6 Å². The maximum Gasteiger partial charge on any atom is 0.247 e. The monoisotopic (exact) mass is 321 g/mol. The van der Waals surface area contributed by atoms with Crippen molar-refractivity contribution in [3.63, 3.8) is 0 Å². The minimum absolute atomic E-state index is 0.144. The van der Waals surface area contributed by atoms with E-state index in [9.17, 15) is 9.59 Å². The molecule has 2 aromatic heterocycles. The summed E-state index contributed by atoms with van der Waals surface area (Å²) in [5.74, 6) is -0.358. The van der Waals surface area contributed by atoms with Crippen LogP contribution < -0.4 is 10.2 Å². The lowest BCUT2D eigenvalue weighted by molar-refractivity contribution is -0.122. The average molecular weight is 321 g/mol. The molecule has 0 radical (unpaired) electrons. The number of aromatic nitrogens is 3. The third-order valence-electron chi connectivity index (χ3n) is 4.18. The van der Waals surface area contributed by atoms with Gasteiger partial charge in [-0.2, -0.15) is 0 Å². The number of hydrogen-bond acceptors (Lipinski definition) is 4. The summed E-state index contributed by atoms with van der Waals surface area (Å²) in [4.78, 5) is 26.3. The molecule has 0 spiro atoms. The Morgan fingerprint density at radius 2 is 2.04 bits per heavy atom. The number of hydrogen-bond donors (Lipinski definition) is 1. The van der Waals surface area contributed by atoms with E-state index in [2.05, 4.69) is 15.5 Å². The number of rotatable bonds is 2. The lowest BCUT2D eigenvalue weighted by Crippen LogP contribution is -2.44. The number of nitrogens with one attached hydrogen (secondary N) is 1. The molecule has 7 heteroatoms. The van der Waals surface area contributed by atoms with Crippen molar-refractivity contribution >= 4 is 28.8 Å². The van der Waals surface area contributed by atoms with Crippen LogP contribution in [0, 0.1) is 0 Å². The van der Waals surface area contributed by atoms with Crippen LogP contribution >= 0.6 is 0 Å². The number of fused-ring (bicyclic) bond motifs is 2. The Hall–Kier alpha value is -3.22. The second kappa shape index (κ2) is 5.45. The van der Waals surface area contributed by atoms with Gasteiger partial charge in [-0.25, -0.2) is 0 Å². The van der Waals surface area contributed by atoms with E-state index in [0.717, 1.165) is 11.3 Å². The first-order valence-corrected chi connectivity index (χ1v) is 7.61. The Morgan fingerprint density at radius 1 is 1.21 bits per heavy atom. The van der Waals surface area contributed by atoms with Crippen LogP contribution in [0.5, 0.6) is 0 Å². The number of pyridine rings is 1. The Bertz CT molecular complexity index is 949. The molecule has 1 N–H and O–H groups in total. The summed E-state index contributed by atoms with van der Waals surface area (Å²) in [6.45, 7) is 1.48. The first-order valence-electron chi connectivity index (χ1n) is 7.61. The van der Waals surface area contributed by atoms with Crippen LogP contribution in [0.4, 0.5) is 11.4 Å². The molecule has 2 amide bonds. The van der Waals surface area contributed by atoms with Gasteiger partial charge in [-0.05, 0) is 23.8 Å². The van der Waals surface area contributed by atoms with E-state index in [1.165, 1.54) is 6.92 Å². The van der Waals surface area contributed by atoms with E-state index in [1.54, 1.807) is 34.0 Å². The molecule has 1 aliphatic rings. The standard InChI is InChI=1S/C17H15N5O2/c1-11(23)22-14-5-3-2-4-12(14)8-15(22)17(24)19-13-6-7-16-20-18-10-21(16)9-13/h2-7,9-10,15H,8H2,1H3,(H,19,24)/t15-/m0/s1. The van der Waals surface area contributed by atoms with Gasteiger partial charge in [0.25, 0.3) is 0 Å².